The van der Waals surface area contributed by atoms with Gasteiger partial charge in [0.2, 0.25) is 4.96 Å². The average molecular weight is 280 g/mol. The molecule has 5 heteroatoms. The average Bonchev–Trinajstić information content (AvgIpc) is 2.76. The number of nitrogens with zero attached hydrogens (tertiary/aromatic N) is 3. The van der Waals surface area contributed by atoms with Crippen LogP contribution in [0.2, 0.25) is 0 Å². The van der Waals surface area contributed by atoms with E-state index in [0.717, 1.165) is 20.7 Å². The van der Waals surface area contributed by atoms with Crippen molar-refractivity contribution in [2.45, 2.75) is 0 Å². The van der Waals surface area contributed by atoms with Crippen LogP contribution < -0.4 is 0 Å². The lowest BCUT2D eigenvalue weighted by atomic mass is 10.2. The van der Waals surface area contributed by atoms with E-state index in [1.807, 2.05) is 30.5 Å². The molecule has 3 rings (SSSR count). The molecule has 0 saturated carbocycles. The molecule has 0 amide bonds. The maximum Gasteiger partial charge on any atom is 0.212 e. The predicted octanol–water partition coefficient (Wildman–Crippen LogP) is 3.22. The Morgan fingerprint density at radius 3 is 3.07 bits per heavy atom. The Balaban J connectivity index is 2.17. The van der Waals surface area contributed by atoms with Crippen molar-refractivity contribution in [1.29, 1.82) is 0 Å². The molecule has 3 nitrogen and oxygen atoms in total. The zero-order valence-electron chi connectivity index (χ0n) is 7.59. The van der Waals surface area contributed by atoms with Gasteiger partial charge in [-0.05, 0) is 12.1 Å². The number of fused-ring (bicyclic) bond motifs is 1. The first-order chi connectivity index (χ1) is 7.33. The fraction of sp³-hybridized carbons (Fsp3) is 0. The molecule has 0 fully saturated rings. The molecule has 0 N–H and O–H groups in total. The third-order valence-electron chi connectivity index (χ3n) is 2.11. The van der Waals surface area contributed by atoms with Gasteiger partial charge in [-0.25, -0.2) is 9.50 Å². The lowest BCUT2D eigenvalue weighted by Crippen LogP contribution is -1.78. The van der Waals surface area contributed by atoms with Crippen LogP contribution in [0.25, 0.3) is 16.2 Å². The Bertz CT molecular complexity index is 585. The van der Waals surface area contributed by atoms with E-state index in [0.29, 0.717) is 0 Å². The summed E-state index contributed by atoms with van der Waals surface area (Å²) in [5.41, 5.74) is 3.84. The zero-order chi connectivity index (χ0) is 10.3. The largest absolute Gasteiger partial charge is 0.217 e. The molecule has 0 atom stereocenters. The van der Waals surface area contributed by atoms with E-state index in [4.69, 9.17) is 0 Å². The Labute approximate surface area is 98.5 Å². The van der Waals surface area contributed by atoms with Gasteiger partial charge in [0, 0.05) is 10.0 Å². The van der Waals surface area contributed by atoms with Crippen LogP contribution in [0.4, 0.5) is 0 Å². The maximum atomic E-state index is 4.48. The fourth-order valence-corrected chi connectivity index (χ4v) is 2.43. The van der Waals surface area contributed by atoms with Crippen molar-refractivity contribution in [3.05, 3.63) is 40.4 Å². The molecular weight excluding hydrogens is 274 g/mol. The van der Waals surface area contributed by atoms with E-state index in [-0.39, 0.29) is 0 Å². The van der Waals surface area contributed by atoms with Crippen LogP contribution in [-0.2, 0) is 0 Å². The molecule has 0 aliphatic rings. The van der Waals surface area contributed by atoms with E-state index in [1.54, 1.807) is 10.0 Å². The molecule has 0 radical (unpaired) electrons. The molecule has 2 aromatic heterocycles. The zero-order valence-corrected chi connectivity index (χ0v) is 9.99. The van der Waals surface area contributed by atoms with Gasteiger partial charge in [0.05, 0.1) is 11.9 Å². The minimum Gasteiger partial charge on any atom is -0.217 e. The smallest absolute Gasteiger partial charge is 0.212 e. The number of hydrogen-bond acceptors (Lipinski definition) is 3. The lowest BCUT2D eigenvalue weighted by Gasteiger charge is -1.95. The van der Waals surface area contributed by atoms with Crippen molar-refractivity contribution in [2.75, 3.05) is 0 Å². The third kappa shape index (κ3) is 1.57. The van der Waals surface area contributed by atoms with Gasteiger partial charge in [0.15, 0.2) is 0 Å². The first kappa shape index (κ1) is 9.06. The van der Waals surface area contributed by atoms with Crippen molar-refractivity contribution in [3.63, 3.8) is 0 Å². The van der Waals surface area contributed by atoms with Gasteiger partial charge in [-0.3, -0.25) is 0 Å². The highest BCUT2D eigenvalue weighted by Gasteiger charge is 2.05. The number of imidazole rings is 1. The van der Waals surface area contributed by atoms with Crippen LogP contribution in [-0.4, -0.2) is 14.6 Å². The van der Waals surface area contributed by atoms with Crippen LogP contribution >= 0.6 is 27.3 Å². The highest BCUT2D eigenvalue weighted by atomic mass is 79.9. The summed E-state index contributed by atoms with van der Waals surface area (Å²) in [5.74, 6) is 0. The minimum absolute atomic E-state index is 0.921. The Morgan fingerprint density at radius 2 is 2.27 bits per heavy atom. The minimum atomic E-state index is 0.921. The number of rotatable bonds is 1. The van der Waals surface area contributed by atoms with E-state index >= 15 is 0 Å². The summed E-state index contributed by atoms with van der Waals surface area (Å²) in [6.45, 7) is 0. The molecule has 0 saturated heterocycles. The highest BCUT2D eigenvalue weighted by Crippen LogP contribution is 2.23. The Morgan fingerprint density at radius 1 is 1.33 bits per heavy atom. The van der Waals surface area contributed by atoms with Gasteiger partial charge >= 0.3 is 0 Å². The summed E-state index contributed by atoms with van der Waals surface area (Å²) in [6, 6.07) is 8.09. The monoisotopic (exact) mass is 279 g/mol. The molecule has 0 unspecified atom stereocenters. The summed E-state index contributed by atoms with van der Waals surface area (Å²) in [6.07, 6.45) is 1.94. The number of aromatic nitrogens is 3. The molecule has 0 aliphatic heterocycles. The van der Waals surface area contributed by atoms with E-state index in [1.165, 1.54) is 11.3 Å². The summed E-state index contributed by atoms with van der Waals surface area (Å²) in [7, 11) is 0. The number of hydrogen-bond donors (Lipinski definition) is 0. The van der Waals surface area contributed by atoms with Crippen LogP contribution in [0.3, 0.4) is 0 Å². The second-order valence-electron chi connectivity index (χ2n) is 3.10. The van der Waals surface area contributed by atoms with Crippen molar-refractivity contribution < 1.29 is 0 Å². The SMILES string of the molecule is Brc1cccc(-c2cn3ncsc3n2)c1. The lowest BCUT2D eigenvalue weighted by molar-refractivity contribution is 0.974. The number of benzene rings is 1. The van der Waals surface area contributed by atoms with Crippen LogP contribution in [0.15, 0.2) is 40.4 Å². The standard InChI is InChI=1S/C10H6BrN3S/c11-8-3-1-2-7(4-8)9-5-14-10(13-9)15-6-12-14/h1-6H. The molecular formula is C10H6BrN3S. The molecule has 15 heavy (non-hydrogen) atoms. The van der Waals surface area contributed by atoms with Crippen LogP contribution in [0.5, 0.6) is 0 Å². The van der Waals surface area contributed by atoms with Crippen molar-refractivity contribution >= 4 is 32.2 Å². The maximum absolute atomic E-state index is 4.48. The van der Waals surface area contributed by atoms with Crippen LogP contribution in [0.1, 0.15) is 0 Å². The van der Waals surface area contributed by atoms with Gasteiger partial charge in [-0.15, -0.1) is 0 Å². The normalized spacial score (nSPS) is 11.0. The third-order valence-corrected chi connectivity index (χ3v) is 3.29. The van der Waals surface area contributed by atoms with Crippen molar-refractivity contribution in [2.24, 2.45) is 0 Å². The molecule has 2 heterocycles. The second kappa shape index (κ2) is 3.43. The summed E-state index contributed by atoms with van der Waals surface area (Å²) in [4.78, 5) is 5.40. The molecule has 0 aliphatic carbocycles. The molecule has 3 aromatic rings. The van der Waals surface area contributed by atoms with Gasteiger partial charge in [-0.1, -0.05) is 39.4 Å². The van der Waals surface area contributed by atoms with Crippen LogP contribution in [0, 0.1) is 0 Å². The van der Waals surface area contributed by atoms with Gasteiger partial charge in [-0.2, -0.15) is 5.10 Å². The van der Waals surface area contributed by atoms with E-state index < -0.39 is 0 Å². The summed E-state index contributed by atoms with van der Waals surface area (Å²) in [5, 5.41) is 4.15. The molecule has 74 valence electrons. The van der Waals surface area contributed by atoms with Crippen molar-refractivity contribution in [1.82, 2.24) is 14.6 Å². The molecule has 0 bridgehead atoms. The predicted molar refractivity (Wildman–Crippen MR) is 64.0 cm³/mol. The molecule has 0 spiro atoms. The van der Waals surface area contributed by atoms with Gasteiger partial charge in [0.1, 0.15) is 5.51 Å². The first-order valence-corrected chi connectivity index (χ1v) is 6.05. The second-order valence-corrected chi connectivity index (χ2v) is 4.83. The topological polar surface area (TPSA) is 30.2 Å². The van der Waals surface area contributed by atoms with Gasteiger partial charge < -0.3 is 0 Å². The Kier molecular flexibility index (Phi) is 2.07. The van der Waals surface area contributed by atoms with Gasteiger partial charge in [0.25, 0.3) is 0 Å². The Hall–Kier alpha value is -1.20. The van der Waals surface area contributed by atoms with E-state index in [9.17, 15) is 0 Å². The summed E-state index contributed by atoms with van der Waals surface area (Å²) >= 11 is 4.98. The van der Waals surface area contributed by atoms with Crippen molar-refractivity contribution in [3.8, 4) is 11.3 Å². The first-order valence-electron chi connectivity index (χ1n) is 4.38. The molecule has 1 aromatic carbocycles. The fourth-order valence-electron chi connectivity index (χ4n) is 1.43. The quantitative estimate of drug-likeness (QED) is 0.685. The summed E-state index contributed by atoms with van der Waals surface area (Å²) < 4.78 is 2.85. The highest BCUT2D eigenvalue weighted by molar-refractivity contribution is 9.10. The number of halogens is 1. The van der Waals surface area contributed by atoms with E-state index in [2.05, 4.69) is 26.0 Å².